The zero-order valence-corrected chi connectivity index (χ0v) is 20.2. The number of hydrogen-bond acceptors (Lipinski definition) is 7. The number of aromatic nitrogens is 2. The smallest absolute Gasteiger partial charge is 0.289 e. The molecule has 9 heteroatoms. The largest absolute Gasteiger partial charge is 0.353 e. The molecule has 5 rings (SSSR count). The number of sulfonamides is 1. The minimum Gasteiger partial charge on any atom is -0.353 e. The Hall–Kier alpha value is -3.01. The zero-order chi connectivity index (χ0) is 23.0. The SMILES string of the molecule is Cc1ccc(NS(=O)(=O)c2nc(N3CCN(C)CC3)cs2)cc1-c1nccc2ccccc12. The van der Waals surface area contributed by atoms with Crippen LogP contribution in [0.2, 0.25) is 0 Å². The van der Waals surface area contributed by atoms with E-state index in [-0.39, 0.29) is 4.34 Å². The summed E-state index contributed by atoms with van der Waals surface area (Å²) in [6.45, 7) is 5.55. The highest BCUT2D eigenvalue weighted by atomic mass is 32.2. The molecule has 1 N–H and O–H groups in total. The van der Waals surface area contributed by atoms with E-state index in [4.69, 9.17) is 0 Å². The van der Waals surface area contributed by atoms with Gasteiger partial charge in [0, 0.05) is 54.4 Å². The van der Waals surface area contributed by atoms with Crippen molar-refractivity contribution >= 4 is 43.6 Å². The molecule has 0 unspecified atom stereocenters. The highest BCUT2D eigenvalue weighted by molar-refractivity contribution is 7.94. The first-order chi connectivity index (χ1) is 15.9. The summed E-state index contributed by atoms with van der Waals surface area (Å²) in [6, 6.07) is 15.6. The summed E-state index contributed by atoms with van der Waals surface area (Å²) in [7, 11) is -1.71. The maximum atomic E-state index is 13.1. The van der Waals surface area contributed by atoms with Crippen molar-refractivity contribution in [2.75, 3.05) is 42.8 Å². The number of likely N-dealkylation sites (N-methyl/N-ethyl adjacent to an activating group) is 1. The van der Waals surface area contributed by atoms with Gasteiger partial charge in [-0.2, -0.15) is 8.42 Å². The van der Waals surface area contributed by atoms with E-state index in [9.17, 15) is 8.42 Å². The number of nitrogens with zero attached hydrogens (tertiary/aromatic N) is 4. The van der Waals surface area contributed by atoms with Gasteiger partial charge in [-0.1, -0.05) is 30.3 Å². The zero-order valence-electron chi connectivity index (χ0n) is 18.5. The molecule has 1 saturated heterocycles. The van der Waals surface area contributed by atoms with Crippen molar-refractivity contribution < 1.29 is 8.42 Å². The lowest BCUT2D eigenvalue weighted by molar-refractivity contribution is 0.312. The normalized spacial score (nSPS) is 15.2. The Morgan fingerprint density at radius 1 is 1.03 bits per heavy atom. The molecule has 0 amide bonds. The van der Waals surface area contributed by atoms with Crippen LogP contribution in [0, 0.1) is 6.92 Å². The Morgan fingerprint density at radius 2 is 1.82 bits per heavy atom. The van der Waals surface area contributed by atoms with Crippen LogP contribution in [-0.4, -0.2) is 56.5 Å². The van der Waals surface area contributed by atoms with E-state index < -0.39 is 10.0 Å². The van der Waals surface area contributed by atoms with Crippen LogP contribution in [0.5, 0.6) is 0 Å². The number of piperazine rings is 1. The third kappa shape index (κ3) is 4.44. The molecule has 4 aromatic rings. The molecule has 2 aromatic carbocycles. The highest BCUT2D eigenvalue weighted by Gasteiger charge is 2.23. The van der Waals surface area contributed by atoms with Gasteiger partial charge in [0.25, 0.3) is 10.0 Å². The van der Waals surface area contributed by atoms with Crippen molar-refractivity contribution in [3.63, 3.8) is 0 Å². The van der Waals surface area contributed by atoms with Crippen molar-refractivity contribution in [2.45, 2.75) is 11.3 Å². The quantitative estimate of drug-likeness (QED) is 0.462. The van der Waals surface area contributed by atoms with E-state index in [1.54, 1.807) is 12.3 Å². The second kappa shape index (κ2) is 8.74. The lowest BCUT2D eigenvalue weighted by atomic mass is 10.00. The molecule has 0 spiro atoms. The molecule has 33 heavy (non-hydrogen) atoms. The number of fused-ring (bicyclic) bond motifs is 1. The van der Waals surface area contributed by atoms with Gasteiger partial charge in [-0.15, -0.1) is 11.3 Å². The van der Waals surface area contributed by atoms with Crippen LogP contribution < -0.4 is 9.62 Å². The third-order valence-electron chi connectivity index (χ3n) is 5.95. The first-order valence-electron chi connectivity index (χ1n) is 10.8. The standard InChI is InChI=1S/C24H25N5O2S2/c1-17-7-8-19(15-21(17)23-20-6-4-3-5-18(20)9-10-25-23)27-33(30,31)24-26-22(16-32-24)29-13-11-28(2)12-14-29/h3-10,15-16,27H,11-14H2,1-2H3. The monoisotopic (exact) mass is 479 g/mol. The van der Waals surface area contributed by atoms with Gasteiger partial charge in [-0.05, 0) is 43.1 Å². The number of aryl methyl sites for hydroxylation is 1. The Bertz CT molecular complexity index is 1400. The minimum absolute atomic E-state index is 0.0711. The Balaban J connectivity index is 1.43. The minimum atomic E-state index is -3.80. The lowest BCUT2D eigenvalue weighted by Gasteiger charge is -2.32. The van der Waals surface area contributed by atoms with E-state index in [1.165, 1.54) is 0 Å². The van der Waals surface area contributed by atoms with Crippen molar-refractivity contribution in [3.8, 4) is 11.3 Å². The molecular formula is C24H25N5O2S2. The third-order valence-corrected chi connectivity index (χ3v) is 8.57. The van der Waals surface area contributed by atoms with Gasteiger partial charge in [-0.3, -0.25) is 9.71 Å². The second-order valence-electron chi connectivity index (χ2n) is 8.28. The number of anilines is 2. The predicted molar refractivity (Wildman–Crippen MR) is 135 cm³/mol. The second-order valence-corrected chi connectivity index (χ2v) is 11.0. The van der Waals surface area contributed by atoms with Crippen molar-refractivity contribution in [1.82, 2.24) is 14.9 Å². The topological polar surface area (TPSA) is 78.4 Å². The predicted octanol–water partition coefficient (Wildman–Crippen LogP) is 4.22. The summed E-state index contributed by atoms with van der Waals surface area (Å²) in [5, 5.41) is 3.94. The van der Waals surface area contributed by atoms with Crippen LogP contribution in [0.1, 0.15) is 5.56 Å². The summed E-state index contributed by atoms with van der Waals surface area (Å²) >= 11 is 1.15. The fourth-order valence-corrected chi connectivity index (χ4v) is 6.10. The Morgan fingerprint density at radius 3 is 2.64 bits per heavy atom. The van der Waals surface area contributed by atoms with Gasteiger partial charge in [-0.25, -0.2) is 4.98 Å². The summed E-state index contributed by atoms with van der Waals surface area (Å²) in [5.41, 5.74) is 3.23. The first kappa shape index (κ1) is 21.8. The molecule has 7 nitrogen and oxygen atoms in total. The average molecular weight is 480 g/mol. The summed E-state index contributed by atoms with van der Waals surface area (Å²) in [4.78, 5) is 13.4. The van der Waals surface area contributed by atoms with E-state index >= 15 is 0 Å². The van der Waals surface area contributed by atoms with Crippen LogP contribution in [0.4, 0.5) is 11.5 Å². The molecule has 0 aliphatic carbocycles. The van der Waals surface area contributed by atoms with E-state index in [1.807, 2.05) is 54.8 Å². The first-order valence-corrected chi connectivity index (χ1v) is 13.1. The molecule has 1 aliphatic heterocycles. The molecule has 1 fully saturated rings. The number of benzene rings is 2. The number of nitrogens with one attached hydrogen (secondary N) is 1. The van der Waals surface area contributed by atoms with Gasteiger partial charge in [0.05, 0.1) is 5.69 Å². The molecule has 0 atom stereocenters. The molecule has 170 valence electrons. The Labute approximate surface area is 197 Å². The van der Waals surface area contributed by atoms with E-state index in [2.05, 4.69) is 31.5 Å². The molecule has 2 aromatic heterocycles. The molecular weight excluding hydrogens is 454 g/mol. The summed E-state index contributed by atoms with van der Waals surface area (Å²) < 4.78 is 29.0. The van der Waals surface area contributed by atoms with Gasteiger partial charge >= 0.3 is 0 Å². The van der Waals surface area contributed by atoms with Crippen LogP contribution in [0.25, 0.3) is 22.0 Å². The number of pyridine rings is 1. The lowest BCUT2D eigenvalue weighted by Crippen LogP contribution is -2.44. The fourth-order valence-electron chi connectivity index (χ4n) is 4.03. The van der Waals surface area contributed by atoms with E-state index in [0.29, 0.717) is 5.69 Å². The maximum absolute atomic E-state index is 13.1. The summed E-state index contributed by atoms with van der Waals surface area (Å²) in [5.74, 6) is 0.720. The average Bonchev–Trinajstić information content (AvgIpc) is 3.32. The molecule has 0 bridgehead atoms. The van der Waals surface area contributed by atoms with Gasteiger partial charge < -0.3 is 9.80 Å². The molecule has 3 heterocycles. The summed E-state index contributed by atoms with van der Waals surface area (Å²) in [6.07, 6.45) is 1.78. The van der Waals surface area contributed by atoms with Gasteiger partial charge in [0.2, 0.25) is 4.34 Å². The van der Waals surface area contributed by atoms with Crippen LogP contribution >= 0.6 is 11.3 Å². The van der Waals surface area contributed by atoms with Crippen molar-refractivity contribution in [1.29, 1.82) is 0 Å². The molecule has 0 radical (unpaired) electrons. The van der Waals surface area contributed by atoms with Gasteiger partial charge in [0.1, 0.15) is 5.82 Å². The highest BCUT2D eigenvalue weighted by Crippen LogP contribution is 2.32. The number of hydrogen-bond donors (Lipinski definition) is 1. The van der Waals surface area contributed by atoms with Gasteiger partial charge in [0.15, 0.2) is 0 Å². The van der Waals surface area contributed by atoms with Crippen molar-refractivity contribution in [3.05, 3.63) is 65.7 Å². The van der Waals surface area contributed by atoms with Crippen LogP contribution in [0.15, 0.2) is 64.4 Å². The number of rotatable bonds is 5. The molecule has 0 saturated carbocycles. The van der Waals surface area contributed by atoms with Crippen LogP contribution in [0.3, 0.4) is 0 Å². The number of thiazole rings is 1. The van der Waals surface area contributed by atoms with E-state index in [0.717, 1.165) is 70.9 Å². The molecule has 1 aliphatic rings. The fraction of sp³-hybridized carbons (Fsp3) is 0.250. The maximum Gasteiger partial charge on any atom is 0.289 e. The van der Waals surface area contributed by atoms with Crippen molar-refractivity contribution in [2.24, 2.45) is 0 Å². The Kier molecular flexibility index (Phi) is 5.77. The van der Waals surface area contributed by atoms with Crippen LogP contribution in [-0.2, 0) is 10.0 Å².